The molecule has 0 atom stereocenters. The Morgan fingerprint density at radius 3 is 2.38 bits per heavy atom. The molecule has 2 N–H and O–H groups in total. The molecular weight excluding hydrogens is 434 g/mol. The van der Waals surface area contributed by atoms with Crippen LogP contribution in [0.3, 0.4) is 0 Å². The summed E-state index contributed by atoms with van der Waals surface area (Å²) in [6.45, 7) is 0.947. The van der Waals surface area contributed by atoms with E-state index in [0.29, 0.717) is 30.2 Å². The molecule has 0 unspecified atom stereocenters. The zero-order valence-corrected chi connectivity index (χ0v) is 18.6. The van der Waals surface area contributed by atoms with Crippen LogP contribution in [0.1, 0.15) is 28.8 Å². The third-order valence-corrected chi connectivity index (χ3v) is 6.83. The van der Waals surface area contributed by atoms with Crippen molar-refractivity contribution >= 4 is 27.9 Å². The normalized spacial score (nSPS) is 14.3. The monoisotopic (exact) mass is 459 g/mol. The summed E-state index contributed by atoms with van der Waals surface area (Å²) in [6.07, 6.45) is 4.44. The Bertz CT molecular complexity index is 1120. The van der Waals surface area contributed by atoms with Gasteiger partial charge in [0.05, 0.1) is 19.1 Å². The summed E-state index contributed by atoms with van der Waals surface area (Å²) < 4.78 is 37.1. The standard InChI is InChI=1S/C22H25N3O6S/c1-30-19-10-8-16(14-20(19)31-2)9-11-21(26)23-24-22(27)17-6-5-7-18(15-17)32(28,29)25-12-3-4-13-25/h5-11,14-15H,3-4,12-13H2,1-2H3,(H,23,26)(H,24,27)/b11-9+. The Balaban J connectivity index is 1.61. The second-order valence-corrected chi connectivity index (χ2v) is 8.97. The van der Waals surface area contributed by atoms with E-state index in [1.807, 2.05) is 0 Å². The van der Waals surface area contributed by atoms with Crippen molar-refractivity contribution in [1.82, 2.24) is 15.2 Å². The lowest BCUT2D eigenvalue weighted by molar-refractivity contribution is -0.117. The first-order chi connectivity index (χ1) is 15.3. The van der Waals surface area contributed by atoms with Gasteiger partial charge in [-0.25, -0.2) is 8.42 Å². The number of nitrogens with one attached hydrogen (secondary N) is 2. The molecule has 1 saturated heterocycles. The van der Waals surface area contributed by atoms with E-state index in [-0.39, 0.29) is 10.5 Å². The van der Waals surface area contributed by atoms with E-state index >= 15 is 0 Å². The fourth-order valence-electron chi connectivity index (χ4n) is 3.24. The number of nitrogens with zero attached hydrogens (tertiary/aromatic N) is 1. The Morgan fingerprint density at radius 1 is 0.969 bits per heavy atom. The van der Waals surface area contributed by atoms with Crippen LogP contribution in [-0.4, -0.2) is 51.8 Å². The van der Waals surface area contributed by atoms with Gasteiger partial charge in [0.15, 0.2) is 11.5 Å². The third kappa shape index (κ3) is 5.45. The number of hydrogen-bond acceptors (Lipinski definition) is 6. The van der Waals surface area contributed by atoms with Crippen molar-refractivity contribution < 1.29 is 27.5 Å². The number of sulfonamides is 1. The van der Waals surface area contributed by atoms with Gasteiger partial charge in [0.2, 0.25) is 10.0 Å². The zero-order chi connectivity index (χ0) is 23.1. The highest BCUT2D eigenvalue weighted by molar-refractivity contribution is 7.89. The number of benzene rings is 2. The molecule has 3 rings (SSSR count). The maximum Gasteiger partial charge on any atom is 0.269 e. The number of carbonyl (C=O) groups is 2. The molecule has 2 aromatic carbocycles. The molecule has 0 aliphatic carbocycles. The quantitative estimate of drug-likeness (QED) is 0.483. The van der Waals surface area contributed by atoms with E-state index in [1.165, 1.54) is 48.9 Å². The lowest BCUT2D eigenvalue weighted by atomic mass is 10.2. The summed E-state index contributed by atoms with van der Waals surface area (Å²) in [5, 5.41) is 0. The Labute approximate surface area is 187 Å². The molecule has 10 heteroatoms. The van der Waals surface area contributed by atoms with E-state index in [0.717, 1.165) is 12.8 Å². The predicted molar refractivity (Wildman–Crippen MR) is 119 cm³/mol. The van der Waals surface area contributed by atoms with Crippen molar-refractivity contribution in [2.75, 3.05) is 27.3 Å². The third-order valence-electron chi connectivity index (χ3n) is 4.93. The Hall–Kier alpha value is -3.37. The molecule has 1 heterocycles. The highest BCUT2D eigenvalue weighted by Crippen LogP contribution is 2.28. The predicted octanol–water partition coefficient (Wildman–Crippen LogP) is 1.96. The molecule has 0 spiro atoms. The minimum absolute atomic E-state index is 0.0479. The smallest absolute Gasteiger partial charge is 0.269 e. The maximum atomic E-state index is 12.7. The molecule has 170 valence electrons. The fraction of sp³-hybridized carbons (Fsp3) is 0.273. The van der Waals surface area contributed by atoms with E-state index in [2.05, 4.69) is 10.9 Å². The average molecular weight is 460 g/mol. The minimum Gasteiger partial charge on any atom is -0.493 e. The molecule has 0 aromatic heterocycles. The number of methoxy groups -OCH3 is 2. The minimum atomic E-state index is -3.64. The first kappa shape index (κ1) is 23.3. The van der Waals surface area contributed by atoms with Gasteiger partial charge in [0, 0.05) is 24.7 Å². The first-order valence-electron chi connectivity index (χ1n) is 9.96. The van der Waals surface area contributed by atoms with Crippen LogP contribution in [0.15, 0.2) is 53.4 Å². The Morgan fingerprint density at radius 2 is 1.69 bits per heavy atom. The van der Waals surface area contributed by atoms with E-state index in [1.54, 1.807) is 24.3 Å². The summed E-state index contributed by atoms with van der Waals surface area (Å²) in [7, 11) is -0.599. The van der Waals surface area contributed by atoms with Crippen molar-refractivity contribution in [2.45, 2.75) is 17.7 Å². The van der Waals surface area contributed by atoms with E-state index < -0.39 is 21.8 Å². The topological polar surface area (TPSA) is 114 Å². The highest BCUT2D eigenvalue weighted by Gasteiger charge is 2.27. The van der Waals surface area contributed by atoms with Crippen LogP contribution in [0.5, 0.6) is 11.5 Å². The summed E-state index contributed by atoms with van der Waals surface area (Å²) >= 11 is 0. The van der Waals surface area contributed by atoms with Crippen molar-refractivity contribution in [3.63, 3.8) is 0 Å². The van der Waals surface area contributed by atoms with Crippen LogP contribution < -0.4 is 20.3 Å². The van der Waals surface area contributed by atoms with Gasteiger partial charge in [0.25, 0.3) is 11.8 Å². The van der Waals surface area contributed by atoms with Gasteiger partial charge in [0.1, 0.15) is 0 Å². The molecule has 32 heavy (non-hydrogen) atoms. The van der Waals surface area contributed by atoms with Crippen LogP contribution in [0, 0.1) is 0 Å². The van der Waals surface area contributed by atoms with Gasteiger partial charge in [-0.2, -0.15) is 4.31 Å². The lowest BCUT2D eigenvalue weighted by Crippen LogP contribution is -2.40. The number of amides is 2. The molecule has 1 aliphatic heterocycles. The first-order valence-corrected chi connectivity index (χ1v) is 11.4. The molecule has 1 fully saturated rings. The van der Waals surface area contributed by atoms with Gasteiger partial charge in [-0.1, -0.05) is 12.1 Å². The van der Waals surface area contributed by atoms with Crippen molar-refractivity contribution in [3.05, 3.63) is 59.7 Å². The van der Waals surface area contributed by atoms with Gasteiger partial charge in [-0.3, -0.25) is 20.4 Å². The second-order valence-electron chi connectivity index (χ2n) is 7.03. The van der Waals surface area contributed by atoms with Crippen LogP contribution >= 0.6 is 0 Å². The fourth-order valence-corrected chi connectivity index (χ4v) is 4.80. The maximum absolute atomic E-state index is 12.7. The average Bonchev–Trinajstić information content (AvgIpc) is 3.37. The van der Waals surface area contributed by atoms with Gasteiger partial charge in [-0.15, -0.1) is 0 Å². The molecule has 0 saturated carbocycles. The molecular formula is C22H25N3O6S. The largest absolute Gasteiger partial charge is 0.493 e. The molecule has 9 nitrogen and oxygen atoms in total. The molecule has 0 bridgehead atoms. The van der Waals surface area contributed by atoms with E-state index in [4.69, 9.17) is 9.47 Å². The number of rotatable bonds is 7. The highest BCUT2D eigenvalue weighted by atomic mass is 32.2. The van der Waals surface area contributed by atoms with Crippen molar-refractivity contribution in [3.8, 4) is 11.5 Å². The van der Waals surface area contributed by atoms with Crippen molar-refractivity contribution in [2.24, 2.45) is 0 Å². The molecule has 2 amide bonds. The summed E-state index contributed by atoms with van der Waals surface area (Å²) in [5.41, 5.74) is 5.37. The van der Waals surface area contributed by atoms with Crippen LogP contribution in [0.2, 0.25) is 0 Å². The van der Waals surface area contributed by atoms with E-state index in [9.17, 15) is 18.0 Å². The second kappa shape index (κ2) is 10.3. The molecule has 0 radical (unpaired) electrons. The van der Waals surface area contributed by atoms with Gasteiger partial charge < -0.3 is 9.47 Å². The zero-order valence-electron chi connectivity index (χ0n) is 17.8. The van der Waals surface area contributed by atoms with Crippen LogP contribution in [0.25, 0.3) is 6.08 Å². The van der Waals surface area contributed by atoms with Crippen LogP contribution in [0.4, 0.5) is 0 Å². The number of hydrogen-bond donors (Lipinski definition) is 2. The van der Waals surface area contributed by atoms with Crippen LogP contribution in [-0.2, 0) is 14.8 Å². The molecule has 2 aromatic rings. The SMILES string of the molecule is COc1ccc(/C=C/C(=O)NNC(=O)c2cccc(S(=O)(=O)N3CCCC3)c2)cc1OC. The van der Waals surface area contributed by atoms with Gasteiger partial charge >= 0.3 is 0 Å². The summed E-state index contributed by atoms with van der Waals surface area (Å²) in [4.78, 5) is 24.5. The number of hydrazine groups is 1. The summed E-state index contributed by atoms with van der Waals surface area (Å²) in [5.74, 6) is -0.104. The Kier molecular flexibility index (Phi) is 7.49. The van der Waals surface area contributed by atoms with Gasteiger partial charge in [-0.05, 0) is 54.8 Å². The summed E-state index contributed by atoms with van der Waals surface area (Å²) in [6, 6.07) is 10.9. The lowest BCUT2D eigenvalue weighted by Gasteiger charge is -2.16. The molecule has 1 aliphatic rings. The number of carbonyl (C=O) groups excluding carboxylic acids is 2. The van der Waals surface area contributed by atoms with Crippen molar-refractivity contribution in [1.29, 1.82) is 0 Å². The number of ether oxygens (including phenoxy) is 2.